The lowest BCUT2D eigenvalue weighted by molar-refractivity contribution is 0.487. The van der Waals surface area contributed by atoms with Gasteiger partial charge in [0, 0.05) is 22.5 Å². The van der Waals surface area contributed by atoms with Gasteiger partial charge in [-0.25, -0.2) is 0 Å². The summed E-state index contributed by atoms with van der Waals surface area (Å²) in [6.07, 6.45) is 2.63. The van der Waals surface area contributed by atoms with Crippen LogP contribution in [0.25, 0.3) is 0 Å². The fourth-order valence-corrected chi connectivity index (χ4v) is 3.02. The van der Waals surface area contributed by atoms with Gasteiger partial charge in [-0.1, -0.05) is 55.3 Å². The average Bonchev–Trinajstić information content (AvgIpc) is 3.02. The Bertz CT molecular complexity index is 371. The van der Waals surface area contributed by atoms with Crippen LogP contribution in [0.1, 0.15) is 39.2 Å². The maximum Gasteiger partial charge on any atom is 0.0175 e. The Labute approximate surface area is 113 Å². The maximum absolute atomic E-state index is 3.61. The van der Waals surface area contributed by atoms with Gasteiger partial charge in [-0.2, -0.15) is 0 Å². The summed E-state index contributed by atoms with van der Waals surface area (Å²) in [6, 6.07) is 9.46. The lowest BCUT2D eigenvalue weighted by Crippen LogP contribution is -2.33. The third-order valence-corrected chi connectivity index (χ3v) is 4.50. The smallest absolute Gasteiger partial charge is 0.0175 e. The number of halogens is 1. The zero-order valence-electron chi connectivity index (χ0n) is 11.0. The third-order valence-electron chi connectivity index (χ3n) is 3.97. The molecule has 2 heteroatoms. The van der Waals surface area contributed by atoms with E-state index in [4.69, 9.17) is 0 Å². The molecule has 2 atom stereocenters. The molecule has 0 aliphatic heterocycles. The van der Waals surface area contributed by atoms with Crippen LogP contribution in [-0.2, 0) is 5.41 Å². The van der Waals surface area contributed by atoms with Gasteiger partial charge in [-0.3, -0.25) is 0 Å². The average molecular weight is 296 g/mol. The minimum atomic E-state index is 0.402. The molecule has 1 aromatic rings. The van der Waals surface area contributed by atoms with E-state index in [9.17, 15) is 0 Å². The summed E-state index contributed by atoms with van der Waals surface area (Å²) in [6.45, 7) is 7.86. The first-order valence-corrected chi connectivity index (χ1v) is 7.37. The minimum absolute atomic E-state index is 0.402. The summed E-state index contributed by atoms with van der Waals surface area (Å²) in [5, 5.41) is 3.61. The molecule has 0 heterocycles. The van der Waals surface area contributed by atoms with Crippen molar-refractivity contribution in [3.63, 3.8) is 0 Å². The molecule has 1 fully saturated rings. The monoisotopic (exact) mass is 295 g/mol. The van der Waals surface area contributed by atoms with Gasteiger partial charge in [-0.15, -0.1) is 0 Å². The largest absolute Gasteiger partial charge is 0.314 e. The van der Waals surface area contributed by atoms with E-state index < -0.39 is 0 Å². The molecule has 2 rings (SSSR count). The van der Waals surface area contributed by atoms with Gasteiger partial charge in [0.1, 0.15) is 0 Å². The van der Waals surface area contributed by atoms with E-state index in [0.717, 1.165) is 12.5 Å². The van der Waals surface area contributed by atoms with Crippen molar-refractivity contribution in [3.05, 3.63) is 34.3 Å². The Balaban J connectivity index is 2.15. The Kier molecular flexibility index (Phi) is 3.94. The molecule has 0 saturated heterocycles. The fourth-order valence-electron chi connectivity index (χ4n) is 2.76. The third kappa shape index (κ3) is 2.74. The van der Waals surface area contributed by atoms with E-state index in [0.29, 0.717) is 11.5 Å². The standard InChI is InChI=1S/C15H22BrN/c1-4-12-9-15(12,10-17-11(2)3)13-5-7-14(16)8-6-13/h5-8,11-12,17H,4,9-10H2,1-3H3. The molecule has 1 nitrogen and oxygen atoms in total. The Morgan fingerprint density at radius 2 is 2.00 bits per heavy atom. The molecule has 94 valence electrons. The van der Waals surface area contributed by atoms with Crippen molar-refractivity contribution >= 4 is 15.9 Å². The van der Waals surface area contributed by atoms with E-state index in [2.05, 4.69) is 66.3 Å². The second-order valence-electron chi connectivity index (χ2n) is 5.51. The molecule has 1 saturated carbocycles. The summed E-state index contributed by atoms with van der Waals surface area (Å²) in [5.41, 5.74) is 1.90. The van der Waals surface area contributed by atoms with Crippen molar-refractivity contribution < 1.29 is 0 Å². The van der Waals surface area contributed by atoms with Gasteiger partial charge in [0.15, 0.2) is 0 Å². The fraction of sp³-hybridized carbons (Fsp3) is 0.600. The zero-order valence-corrected chi connectivity index (χ0v) is 12.5. The van der Waals surface area contributed by atoms with Gasteiger partial charge < -0.3 is 5.32 Å². The van der Waals surface area contributed by atoms with Gasteiger partial charge in [-0.05, 0) is 30.0 Å². The summed E-state index contributed by atoms with van der Waals surface area (Å²) < 4.78 is 1.17. The summed E-state index contributed by atoms with van der Waals surface area (Å²) in [5.74, 6) is 0.856. The van der Waals surface area contributed by atoms with Gasteiger partial charge in [0.2, 0.25) is 0 Å². The number of hydrogen-bond acceptors (Lipinski definition) is 1. The van der Waals surface area contributed by atoms with Crippen LogP contribution in [0.5, 0.6) is 0 Å². The highest BCUT2D eigenvalue weighted by molar-refractivity contribution is 9.10. The molecule has 0 spiro atoms. The molecule has 1 N–H and O–H groups in total. The van der Waals surface area contributed by atoms with Crippen LogP contribution < -0.4 is 5.32 Å². The number of hydrogen-bond donors (Lipinski definition) is 1. The van der Waals surface area contributed by atoms with Gasteiger partial charge >= 0.3 is 0 Å². The molecule has 0 bridgehead atoms. The maximum atomic E-state index is 3.61. The van der Waals surface area contributed by atoms with Crippen molar-refractivity contribution in [2.24, 2.45) is 5.92 Å². The first-order chi connectivity index (χ1) is 8.08. The highest BCUT2D eigenvalue weighted by Gasteiger charge is 2.53. The number of benzene rings is 1. The number of rotatable bonds is 5. The molecular weight excluding hydrogens is 274 g/mol. The van der Waals surface area contributed by atoms with Crippen LogP contribution in [0.4, 0.5) is 0 Å². The molecule has 1 aliphatic carbocycles. The molecule has 0 aromatic heterocycles. The van der Waals surface area contributed by atoms with Crippen LogP contribution in [0.3, 0.4) is 0 Å². The zero-order chi connectivity index (χ0) is 12.5. The Hall–Kier alpha value is -0.340. The first kappa shape index (κ1) is 13.1. The highest BCUT2D eigenvalue weighted by atomic mass is 79.9. The molecule has 2 unspecified atom stereocenters. The minimum Gasteiger partial charge on any atom is -0.314 e. The normalized spacial score (nSPS) is 27.5. The molecule has 1 aliphatic rings. The number of nitrogens with one attached hydrogen (secondary N) is 1. The van der Waals surface area contributed by atoms with Crippen molar-refractivity contribution in [2.45, 2.75) is 45.1 Å². The molecule has 1 aromatic carbocycles. The van der Waals surface area contributed by atoms with Crippen LogP contribution >= 0.6 is 15.9 Å². The van der Waals surface area contributed by atoms with Crippen molar-refractivity contribution in [1.82, 2.24) is 5.32 Å². The van der Waals surface area contributed by atoms with Crippen molar-refractivity contribution in [2.75, 3.05) is 6.54 Å². The lowest BCUT2D eigenvalue weighted by Gasteiger charge is -2.20. The summed E-state index contributed by atoms with van der Waals surface area (Å²) in [4.78, 5) is 0. The van der Waals surface area contributed by atoms with Crippen LogP contribution in [-0.4, -0.2) is 12.6 Å². The Morgan fingerprint density at radius 1 is 1.35 bits per heavy atom. The predicted molar refractivity (Wildman–Crippen MR) is 77.4 cm³/mol. The van der Waals surface area contributed by atoms with E-state index in [1.165, 1.54) is 22.9 Å². The molecule has 17 heavy (non-hydrogen) atoms. The van der Waals surface area contributed by atoms with Crippen LogP contribution in [0.2, 0.25) is 0 Å². The summed E-state index contributed by atoms with van der Waals surface area (Å²) >= 11 is 3.51. The van der Waals surface area contributed by atoms with Crippen molar-refractivity contribution in [3.8, 4) is 0 Å². The van der Waals surface area contributed by atoms with Crippen LogP contribution in [0.15, 0.2) is 28.7 Å². The second kappa shape index (κ2) is 5.11. The van der Waals surface area contributed by atoms with E-state index in [-0.39, 0.29) is 0 Å². The topological polar surface area (TPSA) is 12.0 Å². The van der Waals surface area contributed by atoms with E-state index in [1.807, 2.05) is 0 Å². The second-order valence-corrected chi connectivity index (χ2v) is 6.42. The van der Waals surface area contributed by atoms with Crippen LogP contribution in [0, 0.1) is 5.92 Å². The molecule has 0 radical (unpaired) electrons. The first-order valence-electron chi connectivity index (χ1n) is 6.58. The highest BCUT2D eigenvalue weighted by Crippen LogP contribution is 2.55. The Morgan fingerprint density at radius 3 is 2.47 bits per heavy atom. The van der Waals surface area contributed by atoms with Gasteiger partial charge in [0.05, 0.1) is 0 Å². The van der Waals surface area contributed by atoms with Crippen molar-refractivity contribution in [1.29, 1.82) is 0 Å². The van der Waals surface area contributed by atoms with Gasteiger partial charge in [0.25, 0.3) is 0 Å². The van der Waals surface area contributed by atoms with E-state index in [1.54, 1.807) is 0 Å². The molecular formula is C15H22BrN. The molecule has 0 amide bonds. The predicted octanol–water partition coefficient (Wildman–Crippen LogP) is 4.11. The quantitative estimate of drug-likeness (QED) is 0.862. The lowest BCUT2D eigenvalue weighted by atomic mass is 9.92. The summed E-state index contributed by atoms with van der Waals surface area (Å²) in [7, 11) is 0. The van der Waals surface area contributed by atoms with E-state index >= 15 is 0 Å². The SMILES string of the molecule is CCC1CC1(CNC(C)C)c1ccc(Br)cc1.